The van der Waals surface area contributed by atoms with E-state index in [1.807, 2.05) is 61.2 Å². The van der Waals surface area contributed by atoms with Gasteiger partial charge in [0.1, 0.15) is 23.1 Å². The molecule has 7 heteroatoms. The van der Waals surface area contributed by atoms with Gasteiger partial charge < -0.3 is 15.0 Å². The maximum absolute atomic E-state index is 13.5. The Kier molecular flexibility index (Phi) is 9.80. The van der Waals surface area contributed by atoms with Gasteiger partial charge in [0.05, 0.1) is 0 Å². The van der Waals surface area contributed by atoms with Crippen molar-refractivity contribution < 1.29 is 14.3 Å². The van der Waals surface area contributed by atoms with Gasteiger partial charge in [0.25, 0.3) is 0 Å². The van der Waals surface area contributed by atoms with Crippen molar-refractivity contribution in [2.75, 3.05) is 19.6 Å². The third-order valence-corrected chi connectivity index (χ3v) is 7.19. The summed E-state index contributed by atoms with van der Waals surface area (Å²) in [6.07, 6.45) is 4.02. The molecule has 1 unspecified atom stereocenters. The smallest absolute Gasteiger partial charge is 0.246 e. The van der Waals surface area contributed by atoms with E-state index in [0.717, 1.165) is 36.7 Å². The van der Waals surface area contributed by atoms with Gasteiger partial charge in [-0.3, -0.25) is 14.5 Å². The van der Waals surface area contributed by atoms with Crippen LogP contribution < -0.4 is 10.1 Å². The van der Waals surface area contributed by atoms with Gasteiger partial charge in [0, 0.05) is 26.2 Å². The fourth-order valence-electron chi connectivity index (χ4n) is 5.17. The number of piperidine rings is 1. The molecule has 37 heavy (non-hydrogen) atoms. The average Bonchev–Trinajstić information content (AvgIpc) is 2.85. The maximum Gasteiger partial charge on any atom is 0.246 e. The quantitative estimate of drug-likeness (QED) is 0.457. The number of halogens is 1. The zero-order valence-corrected chi connectivity index (χ0v) is 23.2. The van der Waals surface area contributed by atoms with Crippen LogP contribution in [-0.4, -0.2) is 52.8 Å². The highest BCUT2D eigenvalue weighted by Crippen LogP contribution is 2.34. The van der Waals surface area contributed by atoms with Crippen molar-refractivity contribution in [1.29, 1.82) is 0 Å². The predicted octanol–water partition coefficient (Wildman–Crippen LogP) is 5.57. The van der Waals surface area contributed by atoms with Gasteiger partial charge in [-0.25, -0.2) is 0 Å². The van der Waals surface area contributed by atoms with Crippen LogP contribution in [0.4, 0.5) is 0 Å². The normalized spacial score (nSPS) is 19.4. The number of amides is 2. The first-order valence-electron chi connectivity index (χ1n) is 13.1. The van der Waals surface area contributed by atoms with Crippen molar-refractivity contribution in [3.8, 4) is 11.5 Å². The van der Waals surface area contributed by atoms with Gasteiger partial charge in [0.15, 0.2) is 0 Å². The summed E-state index contributed by atoms with van der Waals surface area (Å²) in [4.78, 5) is 31.2. The summed E-state index contributed by atoms with van der Waals surface area (Å²) in [5.74, 6) is 2.04. The van der Waals surface area contributed by atoms with Gasteiger partial charge in [-0.15, -0.1) is 12.4 Å². The molecule has 2 heterocycles. The number of benzene rings is 2. The molecule has 1 spiro atoms. The molecule has 2 amide bonds. The van der Waals surface area contributed by atoms with Crippen molar-refractivity contribution in [2.45, 2.75) is 65.1 Å². The highest BCUT2D eigenvalue weighted by Gasteiger charge is 2.53. The number of para-hydroxylation sites is 1. The number of likely N-dealkylation sites (tertiary alicyclic amines) is 1. The number of hydrogen-bond acceptors (Lipinski definition) is 4. The number of allylic oxidation sites excluding steroid dienone is 1. The molecule has 6 nitrogen and oxygen atoms in total. The SMILES string of the molecule is CC(C)=CCN1C(=O)C(CC(C)C)NC(=O)C12CCN(Cc1ccc(Oc3ccccc3)cc1)CC2.Cl. The second-order valence-electron chi connectivity index (χ2n) is 10.8. The first-order chi connectivity index (χ1) is 17.3. The van der Waals surface area contributed by atoms with E-state index in [4.69, 9.17) is 4.74 Å². The van der Waals surface area contributed by atoms with Gasteiger partial charge in [0.2, 0.25) is 11.8 Å². The molecule has 2 aliphatic heterocycles. The Bertz CT molecular complexity index is 1070. The molecule has 0 radical (unpaired) electrons. The van der Waals surface area contributed by atoms with Crippen LogP contribution in [0.15, 0.2) is 66.2 Å². The average molecular weight is 526 g/mol. The van der Waals surface area contributed by atoms with Crippen LogP contribution in [0.2, 0.25) is 0 Å². The topological polar surface area (TPSA) is 61.9 Å². The van der Waals surface area contributed by atoms with E-state index in [1.165, 1.54) is 5.56 Å². The first-order valence-corrected chi connectivity index (χ1v) is 13.1. The van der Waals surface area contributed by atoms with Crippen LogP contribution in [0.3, 0.4) is 0 Å². The van der Waals surface area contributed by atoms with E-state index < -0.39 is 11.6 Å². The Morgan fingerprint density at radius 1 is 1.03 bits per heavy atom. The summed E-state index contributed by atoms with van der Waals surface area (Å²) in [5, 5.41) is 3.08. The lowest BCUT2D eigenvalue weighted by atomic mass is 9.80. The van der Waals surface area contributed by atoms with Crippen LogP contribution >= 0.6 is 12.4 Å². The Hall–Kier alpha value is -2.83. The summed E-state index contributed by atoms with van der Waals surface area (Å²) in [6, 6.07) is 17.5. The fourth-order valence-corrected chi connectivity index (χ4v) is 5.17. The molecular weight excluding hydrogens is 486 g/mol. The number of carbonyl (C=O) groups excluding carboxylic acids is 2. The molecule has 0 aliphatic carbocycles. The highest BCUT2D eigenvalue weighted by atomic mass is 35.5. The number of ether oxygens (including phenoxy) is 1. The molecule has 200 valence electrons. The van der Waals surface area contributed by atoms with Gasteiger partial charge >= 0.3 is 0 Å². The predicted molar refractivity (Wildman–Crippen MR) is 150 cm³/mol. The molecule has 2 saturated heterocycles. The van der Waals surface area contributed by atoms with Crippen molar-refractivity contribution >= 4 is 24.2 Å². The standard InChI is InChI=1S/C30H39N3O3.ClH/c1-22(2)14-17-33-28(34)27(20-23(3)4)31-29(35)30(33)15-18-32(19-16-30)21-24-10-12-26(13-11-24)36-25-8-6-5-7-9-25;/h5-14,23,27H,15-21H2,1-4H3,(H,31,35);1H. The number of carbonyl (C=O) groups is 2. The molecule has 2 aliphatic rings. The molecule has 4 rings (SSSR count). The zero-order valence-electron chi connectivity index (χ0n) is 22.4. The van der Waals surface area contributed by atoms with Crippen molar-refractivity contribution in [3.05, 3.63) is 71.8 Å². The van der Waals surface area contributed by atoms with E-state index in [2.05, 4.69) is 42.3 Å². The summed E-state index contributed by atoms with van der Waals surface area (Å²) in [7, 11) is 0. The minimum atomic E-state index is -0.763. The molecule has 1 atom stereocenters. The molecule has 1 N–H and O–H groups in total. The number of piperazine rings is 1. The van der Waals surface area contributed by atoms with Gasteiger partial charge in [-0.1, -0.05) is 55.8 Å². The Morgan fingerprint density at radius 3 is 2.24 bits per heavy atom. The Labute approximate surface area is 227 Å². The monoisotopic (exact) mass is 525 g/mol. The molecule has 2 aromatic rings. The van der Waals surface area contributed by atoms with E-state index in [-0.39, 0.29) is 24.2 Å². The van der Waals surface area contributed by atoms with E-state index in [9.17, 15) is 9.59 Å². The van der Waals surface area contributed by atoms with Crippen LogP contribution in [0.5, 0.6) is 11.5 Å². The molecular formula is C30H40ClN3O3. The van der Waals surface area contributed by atoms with Crippen molar-refractivity contribution in [2.24, 2.45) is 5.92 Å². The molecule has 0 saturated carbocycles. The minimum absolute atomic E-state index is 0. The molecule has 0 bridgehead atoms. The largest absolute Gasteiger partial charge is 0.457 e. The third kappa shape index (κ3) is 6.93. The summed E-state index contributed by atoms with van der Waals surface area (Å²) in [5.41, 5.74) is 1.59. The number of nitrogens with one attached hydrogen (secondary N) is 1. The van der Waals surface area contributed by atoms with E-state index in [1.54, 1.807) is 0 Å². The Morgan fingerprint density at radius 2 is 1.65 bits per heavy atom. The summed E-state index contributed by atoms with van der Waals surface area (Å²) >= 11 is 0. The van der Waals surface area contributed by atoms with Crippen LogP contribution in [0, 0.1) is 5.92 Å². The third-order valence-electron chi connectivity index (χ3n) is 7.19. The van der Waals surface area contributed by atoms with Crippen LogP contribution in [-0.2, 0) is 16.1 Å². The van der Waals surface area contributed by atoms with Gasteiger partial charge in [-0.2, -0.15) is 0 Å². The number of nitrogens with zero attached hydrogens (tertiary/aromatic N) is 2. The second kappa shape index (κ2) is 12.6. The van der Waals surface area contributed by atoms with E-state index in [0.29, 0.717) is 31.7 Å². The molecule has 2 fully saturated rings. The highest BCUT2D eigenvalue weighted by molar-refractivity contribution is 6.00. The molecule has 2 aromatic carbocycles. The first kappa shape index (κ1) is 28.7. The molecule has 0 aromatic heterocycles. The fraction of sp³-hybridized carbons (Fsp3) is 0.467. The van der Waals surface area contributed by atoms with E-state index >= 15 is 0 Å². The summed E-state index contributed by atoms with van der Waals surface area (Å²) in [6.45, 7) is 11.1. The van der Waals surface area contributed by atoms with Gasteiger partial charge in [-0.05, 0) is 68.9 Å². The zero-order chi connectivity index (χ0) is 25.7. The lowest BCUT2D eigenvalue weighted by molar-refractivity contribution is -0.160. The Balaban J connectivity index is 0.00000380. The van der Waals surface area contributed by atoms with Crippen molar-refractivity contribution in [1.82, 2.24) is 15.1 Å². The minimum Gasteiger partial charge on any atom is -0.457 e. The lowest BCUT2D eigenvalue weighted by Crippen LogP contribution is -2.72. The van der Waals surface area contributed by atoms with Crippen LogP contribution in [0.1, 0.15) is 52.5 Å². The lowest BCUT2D eigenvalue weighted by Gasteiger charge is -2.51. The number of hydrogen-bond donors (Lipinski definition) is 1. The maximum atomic E-state index is 13.5. The van der Waals surface area contributed by atoms with Crippen LogP contribution in [0.25, 0.3) is 0 Å². The van der Waals surface area contributed by atoms with Crippen molar-refractivity contribution in [3.63, 3.8) is 0 Å². The second-order valence-corrected chi connectivity index (χ2v) is 10.8. The number of rotatable bonds is 8. The summed E-state index contributed by atoms with van der Waals surface area (Å²) < 4.78 is 5.90.